The van der Waals surface area contributed by atoms with Gasteiger partial charge in [-0.15, -0.1) is 0 Å². The van der Waals surface area contributed by atoms with Crippen LogP contribution in [0.15, 0.2) is 36.8 Å². The second-order valence-corrected chi connectivity index (χ2v) is 10.7. The molecule has 178 valence electrons. The smallest absolute Gasteiger partial charge is 0.317 e. The summed E-state index contributed by atoms with van der Waals surface area (Å²) in [5.41, 5.74) is 2.69. The van der Waals surface area contributed by atoms with Crippen LogP contribution in [-0.2, 0) is 11.3 Å². The third kappa shape index (κ3) is 5.21. The number of hydrogen-bond donors (Lipinski definition) is 1. The van der Waals surface area contributed by atoms with Crippen molar-refractivity contribution in [3.63, 3.8) is 0 Å². The fourth-order valence-corrected chi connectivity index (χ4v) is 5.64. The first-order valence-electron chi connectivity index (χ1n) is 12.2. The topological polar surface area (TPSA) is 85.3 Å². The van der Waals surface area contributed by atoms with Gasteiger partial charge in [0.1, 0.15) is 11.9 Å². The van der Waals surface area contributed by atoms with Gasteiger partial charge in [0, 0.05) is 38.2 Å². The first-order valence-corrected chi connectivity index (χ1v) is 13.0. The number of rotatable bonds is 7. The standard InChI is InChI=1S/C25H30N6O2S/c1-2-22(27-15-18(1)17-31-11-13-32-14-12-31)30-24-28-16-21(34-24)20-5-10-26-23(29-20)33-19-3-6-25(7-4-19)8-9-25/h1-2,5,10,15-16,19H,3-4,6-9,11-14,17H2,(H,27,28,30). The molecular weight excluding hydrogens is 448 g/mol. The van der Waals surface area contributed by atoms with Crippen molar-refractivity contribution in [2.45, 2.75) is 51.2 Å². The van der Waals surface area contributed by atoms with Crippen molar-refractivity contribution in [2.75, 3.05) is 31.6 Å². The van der Waals surface area contributed by atoms with Crippen molar-refractivity contribution in [2.24, 2.45) is 5.41 Å². The van der Waals surface area contributed by atoms with Crippen molar-refractivity contribution < 1.29 is 9.47 Å². The van der Waals surface area contributed by atoms with Crippen LogP contribution in [0.5, 0.6) is 6.01 Å². The van der Waals surface area contributed by atoms with Crippen molar-refractivity contribution in [3.05, 3.63) is 42.4 Å². The Morgan fingerprint density at radius 2 is 1.88 bits per heavy atom. The highest BCUT2D eigenvalue weighted by molar-refractivity contribution is 7.18. The van der Waals surface area contributed by atoms with E-state index in [1.165, 1.54) is 31.2 Å². The molecule has 3 aromatic heterocycles. The molecule has 1 spiro atoms. The van der Waals surface area contributed by atoms with Crippen LogP contribution >= 0.6 is 11.3 Å². The molecule has 0 bridgehead atoms. The van der Waals surface area contributed by atoms with Gasteiger partial charge >= 0.3 is 6.01 Å². The van der Waals surface area contributed by atoms with Crippen LogP contribution in [0, 0.1) is 5.41 Å². The molecule has 0 radical (unpaired) electrons. The van der Waals surface area contributed by atoms with Gasteiger partial charge in [-0.3, -0.25) is 4.90 Å². The number of nitrogens with one attached hydrogen (secondary N) is 1. The summed E-state index contributed by atoms with van der Waals surface area (Å²) in [6.07, 6.45) is 13.4. The lowest BCUT2D eigenvalue weighted by Gasteiger charge is -2.28. The van der Waals surface area contributed by atoms with Crippen molar-refractivity contribution in [1.29, 1.82) is 0 Å². The number of ether oxygens (including phenoxy) is 2. The molecule has 1 saturated heterocycles. The Labute approximate surface area is 203 Å². The van der Waals surface area contributed by atoms with E-state index in [2.05, 4.69) is 36.2 Å². The molecule has 6 rings (SSSR count). The van der Waals surface area contributed by atoms with E-state index in [1.807, 2.05) is 24.5 Å². The van der Waals surface area contributed by atoms with Gasteiger partial charge in [-0.05, 0) is 61.6 Å². The highest BCUT2D eigenvalue weighted by Crippen LogP contribution is 2.56. The average molecular weight is 479 g/mol. The molecule has 0 unspecified atom stereocenters. The Hall–Kier alpha value is -2.62. The third-order valence-corrected chi connectivity index (χ3v) is 8.12. The van der Waals surface area contributed by atoms with Gasteiger partial charge in [-0.2, -0.15) is 4.98 Å². The number of pyridine rings is 1. The molecule has 3 fully saturated rings. The highest BCUT2D eigenvalue weighted by atomic mass is 32.1. The lowest BCUT2D eigenvalue weighted by Crippen LogP contribution is -2.35. The van der Waals surface area contributed by atoms with Gasteiger partial charge in [0.15, 0.2) is 5.13 Å². The van der Waals surface area contributed by atoms with Crippen LogP contribution < -0.4 is 10.1 Å². The first-order chi connectivity index (χ1) is 16.7. The average Bonchev–Trinajstić information content (AvgIpc) is 3.47. The SMILES string of the molecule is c1cc(-c2cnc(Nc3ccc(CN4CCOCC4)cn3)s2)nc(OC2CCC3(CC2)CC3)n1. The zero-order valence-corrected chi connectivity index (χ0v) is 20.1. The molecule has 9 heteroatoms. The Morgan fingerprint density at radius 3 is 2.65 bits per heavy atom. The van der Waals surface area contributed by atoms with Gasteiger partial charge in [0.05, 0.1) is 23.8 Å². The minimum absolute atomic E-state index is 0.234. The number of anilines is 2. The molecule has 0 atom stereocenters. The number of morpholine rings is 1. The van der Waals surface area contributed by atoms with E-state index in [0.29, 0.717) is 11.4 Å². The lowest BCUT2D eigenvalue weighted by molar-refractivity contribution is 0.0341. The van der Waals surface area contributed by atoms with E-state index in [-0.39, 0.29) is 6.10 Å². The zero-order chi connectivity index (χ0) is 22.8. The summed E-state index contributed by atoms with van der Waals surface area (Å²) in [6.45, 7) is 4.46. The fourth-order valence-electron chi connectivity index (χ4n) is 4.85. The van der Waals surface area contributed by atoms with Crippen molar-refractivity contribution in [1.82, 2.24) is 24.8 Å². The van der Waals surface area contributed by atoms with Crippen molar-refractivity contribution in [3.8, 4) is 16.6 Å². The number of thiazole rings is 1. The monoisotopic (exact) mass is 478 g/mol. The van der Waals surface area contributed by atoms with Crippen LogP contribution in [0.25, 0.3) is 10.6 Å². The van der Waals surface area contributed by atoms with Gasteiger partial charge < -0.3 is 14.8 Å². The van der Waals surface area contributed by atoms with E-state index >= 15 is 0 Å². The minimum atomic E-state index is 0.234. The molecule has 2 aliphatic carbocycles. The summed E-state index contributed by atoms with van der Waals surface area (Å²) in [6, 6.07) is 6.49. The molecule has 0 amide bonds. The highest BCUT2D eigenvalue weighted by Gasteiger charge is 2.45. The largest absolute Gasteiger partial charge is 0.460 e. The maximum Gasteiger partial charge on any atom is 0.317 e. The first kappa shape index (κ1) is 21.9. The molecule has 1 N–H and O–H groups in total. The summed E-state index contributed by atoms with van der Waals surface area (Å²) in [5.74, 6) is 0.782. The third-order valence-electron chi connectivity index (χ3n) is 7.18. The van der Waals surface area contributed by atoms with E-state index < -0.39 is 0 Å². The van der Waals surface area contributed by atoms with Gasteiger partial charge in [0.2, 0.25) is 0 Å². The van der Waals surface area contributed by atoms with Gasteiger partial charge in [-0.1, -0.05) is 17.4 Å². The predicted octanol–water partition coefficient (Wildman–Crippen LogP) is 4.67. The van der Waals surface area contributed by atoms with E-state index in [0.717, 1.165) is 67.2 Å². The number of hydrogen-bond acceptors (Lipinski definition) is 9. The molecule has 4 heterocycles. The summed E-state index contributed by atoms with van der Waals surface area (Å²) in [4.78, 5) is 21.4. The van der Waals surface area contributed by atoms with Crippen LogP contribution in [0.4, 0.5) is 10.9 Å². The molecule has 0 aromatic carbocycles. The lowest BCUT2D eigenvalue weighted by atomic mass is 9.85. The molecule has 34 heavy (non-hydrogen) atoms. The van der Waals surface area contributed by atoms with E-state index in [4.69, 9.17) is 9.47 Å². The summed E-state index contributed by atoms with van der Waals surface area (Å²) in [7, 11) is 0. The number of aromatic nitrogens is 4. The fraction of sp³-hybridized carbons (Fsp3) is 0.520. The second-order valence-electron chi connectivity index (χ2n) is 9.64. The Balaban J connectivity index is 1.06. The predicted molar refractivity (Wildman–Crippen MR) is 131 cm³/mol. The molecule has 8 nitrogen and oxygen atoms in total. The second kappa shape index (κ2) is 9.56. The summed E-state index contributed by atoms with van der Waals surface area (Å²) >= 11 is 1.55. The quantitative estimate of drug-likeness (QED) is 0.524. The van der Waals surface area contributed by atoms with Gasteiger partial charge in [-0.25, -0.2) is 15.0 Å². The molecule has 2 saturated carbocycles. The normalized spacial score (nSPS) is 20.4. The van der Waals surface area contributed by atoms with Crippen molar-refractivity contribution >= 4 is 22.3 Å². The van der Waals surface area contributed by atoms with Gasteiger partial charge in [0.25, 0.3) is 0 Å². The van der Waals surface area contributed by atoms with Crippen LogP contribution in [0.1, 0.15) is 44.1 Å². The van der Waals surface area contributed by atoms with Crippen LogP contribution in [-0.4, -0.2) is 57.2 Å². The molecular formula is C25H30N6O2S. The molecule has 3 aromatic rings. The van der Waals surface area contributed by atoms with E-state index in [9.17, 15) is 0 Å². The summed E-state index contributed by atoms with van der Waals surface area (Å²) in [5, 5.41) is 4.09. The van der Waals surface area contributed by atoms with Crippen LogP contribution in [0.3, 0.4) is 0 Å². The maximum absolute atomic E-state index is 6.13. The zero-order valence-electron chi connectivity index (χ0n) is 19.3. The van der Waals surface area contributed by atoms with E-state index in [1.54, 1.807) is 17.5 Å². The summed E-state index contributed by atoms with van der Waals surface area (Å²) < 4.78 is 11.6. The molecule has 3 aliphatic rings. The maximum atomic E-state index is 6.13. The molecule has 1 aliphatic heterocycles. The minimum Gasteiger partial charge on any atom is -0.460 e. The Kier molecular flexibility index (Phi) is 6.15. The number of nitrogens with zero attached hydrogens (tertiary/aromatic N) is 5. The Bertz CT molecular complexity index is 1100. The Morgan fingerprint density at radius 1 is 1.03 bits per heavy atom. The van der Waals surface area contributed by atoms with Crippen LogP contribution in [0.2, 0.25) is 0 Å².